The molecule has 3 rings (SSSR count). The van der Waals surface area contributed by atoms with Gasteiger partial charge in [-0.15, -0.1) is 0 Å². The molecular formula is C20H27N5O3. The first-order valence-electron chi connectivity index (χ1n) is 9.10. The number of rotatable bonds is 8. The molecule has 0 saturated carbocycles. The zero-order valence-corrected chi connectivity index (χ0v) is 17.2. The molecule has 2 aromatic heterocycles. The van der Waals surface area contributed by atoms with Gasteiger partial charge in [0.05, 0.1) is 32.2 Å². The molecule has 1 aromatic carbocycles. The Morgan fingerprint density at radius 1 is 1.04 bits per heavy atom. The van der Waals surface area contributed by atoms with E-state index in [0.717, 1.165) is 33.8 Å². The lowest BCUT2D eigenvalue weighted by Gasteiger charge is -2.16. The molecule has 2 heterocycles. The van der Waals surface area contributed by atoms with Crippen LogP contribution < -0.4 is 10.1 Å². The lowest BCUT2D eigenvalue weighted by molar-refractivity contribution is 0.117. The summed E-state index contributed by atoms with van der Waals surface area (Å²) in [4.78, 5) is 9.17. The third-order valence-electron chi connectivity index (χ3n) is 4.58. The highest BCUT2D eigenvalue weighted by molar-refractivity contribution is 5.69. The monoisotopic (exact) mass is 385 g/mol. The normalized spacial score (nSPS) is 11.4. The minimum absolute atomic E-state index is 0.0327. The number of anilines is 2. The first kappa shape index (κ1) is 20.0. The van der Waals surface area contributed by atoms with E-state index in [0.29, 0.717) is 25.0 Å². The van der Waals surface area contributed by atoms with Crippen LogP contribution in [0.1, 0.15) is 28.4 Å². The van der Waals surface area contributed by atoms with E-state index >= 15 is 0 Å². The Balaban J connectivity index is 2.09. The molecule has 0 spiro atoms. The molecule has 0 radical (unpaired) electrons. The van der Waals surface area contributed by atoms with Crippen molar-refractivity contribution in [2.75, 3.05) is 39.9 Å². The summed E-state index contributed by atoms with van der Waals surface area (Å²) in [5.41, 5.74) is 4.75. The van der Waals surface area contributed by atoms with Crippen LogP contribution in [0.25, 0.3) is 5.65 Å². The van der Waals surface area contributed by atoms with Crippen molar-refractivity contribution in [1.29, 1.82) is 0 Å². The van der Waals surface area contributed by atoms with Crippen molar-refractivity contribution in [2.24, 2.45) is 0 Å². The van der Waals surface area contributed by atoms with E-state index in [1.54, 1.807) is 32.0 Å². The maximum atomic E-state index is 5.56. The molecule has 0 aliphatic heterocycles. The lowest BCUT2D eigenvalue weighted by atomic mass is 10.0. The summed E-state index contributed by atoms with van der Waals surface area (Å²) in [6.07, 6.45) is 1.80. The topological polar surface area (TPSA) is 82.8 Å². The summed E-state index contributed by atoms with van der Waals surface area (Å²) in [6.45, 7) is 6.98. The predicted octanol–water partition coefficient (Wildman–Crippen LogP) is 3.18. The first-order chi connectivity index (χ1) is 13.5. The van der Waals surface area contributed by atoms with E-state index in [1.165, 1.54) is 0 Å². The molecule has 3 aromatic rings. The molecule has 0 fully saturated rings. The number of ether oxygens (including phenoxy) is 3. The van der Waals surface area contributed by atoms with Gasteiger partial charge < -0.3 is 19.5 Å². The molecule has 28 heavy (non-hydrogen) atoms. The average molecular weight is 385 g/mol. The molecule has 0 atom stereocenters. The number of hydrogen-bond acceptors (Lipinski definition) is 7. The number of aromatic nitrogens is 4. The molecule has 0 saturated heterocycles. The van der Waals surface area contributed by atoms with Gasteiger partial charge in [0.25, 0.3) is 0 Å². The summed E-state index contributed by atoms with van der Waals surface area (Å²) >= 11 is 0. The number of fused-ring (bicyclic) bond motifs is 1. The standard InChI is InChI=1S/C20H27N5O3/c1-12-7-13(2)18(17(8-12)28-6)24-20-23-14(3)22-19-16(9-21-25(19)20)15(10-26-4)11-27-5/h7-9,15H,10-11H2,1-6H3,(H,22,23,24). The molecule has 0 amide bonds. The molecule has 0 aliphatic carbocycles. The minimum atomic E-state index is 0.0327. The van der Waals surface area contributed by atoms with E-state index in [1.807, 2.05) is 26.8 Å². The summed E-state index contributed by atoms with van der Waals surface area (Å²) in [5.74, 6) is 2.01. The van der Waals surface area contributed by atoms with E-state index in [9.17, 15) is 0 Å². The third kappa shape index (κ3) is 3.93. The Hall–Kier alpha value is -2.71. The van der Waals surface area contributed by atoms with Crippen LogP contribution in [0.15, 0.2) is 18.3 Å². The van der Waals surface area contributed by atoms with Crippen LogP contribution in [0.2, 0.25) is 0 Å². The molecule has 8 heteroatoms. The van der Waals surface area contributed by atoms with Gasteiger partial charge in [0.1, 0.15) is 11.6 Å². The van der Waals surface area contributed by atoms with Crippen molar-refractivity contribution >= 4 is 17.3 Å². The Morgan fingerprint density at radius 2 is 1.75 bits per heavy atom. The predicted molar refractivity (Wildman–Crippen MR) is 108 cm³/mol. The molecule has 0 unspecified atom stereocenters. The number of nitrogens with zero attached hydrogens (tertiary/aromatic N) is 4. The second kappa shape index (κ2) is 8.53. The van der Waals surface area contributed by atoms with Gasteiger partial charge >= 0.3 is 0 Å². The van der Waals surface area contributed by atoms with Gasteiger partial charge in [-0.1, -0.05) is 6.07 Å². The van der Waals surface area contributed by atoms with Crippen molar-refractivity contribution in [3.8, 4) is 5.75 Å². The van der Waals surface area contributed by atoms with E-state index in [2.05, 4.69) is 26.4 Å². The maximum absolute atomic E-state index is 5.56. The van der Waals surface area contributed by atoms with Crippen LogP contribution >= 0.6 is 0 Å². The summed E-state index contributed by atoms with van der Waals surface area (Å²) in [7, 11) is 5.01. The van der Waals surface area contributed by atoms with Gasteiger partial charge in [-0.25, -0.2) is 4.98 Å². The number of benzene rings is 1. The summed E-state index contributed by atoms with van der Waals surface area (Å²) in [6, 6.07) is 4.08. The van der Waals surface area contributed by atoms with Crippen molar-refractivity contribution in [3.63, 3.8) is 0 Å². The highest BCUT2D eigenvalue weighted by Gasteiger charge is 2.21. The highest BCUT2D eigenvalue weighted by atomic mass is 16.5. The molecule has 0 bridgehead atoms. The van der Waals surface area contributed by atoms with Gasteiger partial charge in [0.2, 0.25) is 5.95 Å². The Kier molecular flexibility index (Phi) is 6.11. The summed E-state index contributed by atoms with van der Waals surface area (Å²) < 4.78 is 18.0. The minimum Gasteiger partial charge on any atom is -0.495 e. The number of nitrogens with one attached hydrogen (secondary N) is 1. The van der Waals surface area contributed by atoms with Gasteiger partial charge in [-0.2, -0.15) is 14.6 Å². The van der Waals surface area contributed by atoms with Crippen molar-refractivity contribution in [1.82, 2.24) is 19.6 Å². The Morgan fingerprint density at radius 3 is 2.39 bits per heavy atom. The quantitative estimate of drug-likeness (QED) is 0.638. The fourth-order valence-electron chi connectivity index (χ4n) is 3.36. The Bertz CT molecular complexity index is 964. The zero-order chi connectivity index (χ0) is 20.3. The van der Waals surface area contributed by atoms with E-state index in [4.69, 9.17) is 14.2 Å². The second-order valence-electron chi connectivity index (χ2n) is 6.82. The van der Waals surface area contributed by atoms with Crippen LogP contribution in [0, 0.1) is 20.8 Å². The summed E-state index contributed by atoms with van der Waals surface area (Å²) in [5, 5.41) is 7.90. The molecular weight excluding hydrogens is 358 g/mol. The third-order valence-corrected chi connectivity index (χ3v) is 4.58. The Labute approximate surface area is 164 Å². The van der Waals surface area contributed by atoms with Gasteiger partial charge in [0, 0.05) is 25.7 Å². The van der Waals surface area contributed by atoms with E-state index in [-0.39, 0.29) is 5.92 Å². The van der Waals surface area contributed by atoms with Crippen LogP contribution in [-0.4, -0.2) is 54.1 Å². The van der Waals surface area contributed by atoms with Gasteiger partial charge in [-0.05, 0) is 38.0 Å². The SMILES string of the molecule is COCC(COC)c1cnn2c(Nc3c(C)cc(C)cc3OC)nc(C)nc12. The number of hydrogen-bond donors (Lipinski definition) is 1. The molecule has 8 nitrogen and oxygen atoms in total. The highest BCUT2D eigenvalue weighted by Crippen LogP contribution is 2.32. The average Bonchev–Trinajstić information content (AvgIpc) is 3.07. The zero-order valence-electron chi connectivity index (χ0n) is 17.2. The second-order valence-corrected chi connectivity index (χ2v) is 6.82. The number of methoxy groups -OCH3 is 3. The molecule has 1 N–H and O–H groups in total. The largest absolute Gasteiger partial charge is 0.495 e. The van der Waals surface area contributed by atoms with Crippen molar-refractivity contribution < 1.29 is 14.2 Å². The van der Waals surface area contributed by atoms with E-state index < -0.39 is 0 Å². The fourth-order valence-corrected chi connectivity index (χ4v) is 3.36. The number of aryl methyl sites for hydroxylation is 3. The van der Waals surface area contributed by atoms with Crippen LogP contribution in [-0.2, 0) is 9.47 Å². The van der Waals surface area contributed by atoms with Crippen molar-refractivity contribution in [2.45, 2.75) is 26.7 Å². The smallest absolute Gasteiger partial charge is 0.232 e. The van der Waals surface area contributed by atoms with Crippen molar-refractivity contribution in [3.05, 3.63) is 40.8 Å². The maximum Gasteiger partial charge on any atom is 0.232 e. The first-order valence-corrected chi connectivity index (χ1v) is 9.10. The fraction of sp³-hybridized carbons (Fsp3) is 0.450. The van der Waals surface area contributed by atoms with Crippen LogP contribution in [0.3, 0.4) is 0 Å². The van der Waals surface area contributed by atoms with Gasteiger partial charge in [-0.3, -0.25) is 0 Å². The van der Waals surface area contributed by atoms with Crippen LogP contribution in [0.5, 0.6) is 5.75 Å². The van der Waals surface area contributed by atoms with Crippen LogP contribution in [0.4, 0.5) is 11.6 Å². The lowest BCUT2D eigenvalue weighted by Crippen LogP contribution is -2.13. The molecule has 0 aliphatic rings. The molecule has 150 valence electrons. The van der Waals surface area contributed by atoms with Gasteiger partial charge in [0.15, 0.2) is 5.65 Å².